The second-order valence-corrected chi connectivity index (χ2v) is 5.57. The number of ether oxygens (including phenoxy) is 1. The van der Waals surface area contributed by atoms with E-state index in [1.165, 1.54) is 18.6 Å². The number of halogens is 1. The molecule has 3 rings (SSSR count). The van der Waals surface area contributed by atoms with Crippen LogP contribution in [-0.4, -0.2) is 10.7 Å². The molecular weight excluding hydrogens is 231 g/mol. The summed E-state index contributed by atoms with van der Waals surface area (Å²) in [6, 6.07) is 4.45. The van der Waals surface area contributed by atoms with E-state index in [1.54, 1.807) is 6.07 Å². The number of fused-ring (bicyclic) bond motifs is 1. The Kier molecular flexibility index (Phi) is 2.81. The molecule has 3 unspecified atom stereocenters. The molecule has 3 atom stereocenters. The van der Waals surface area contributed by atoms with Crippen molar-refractivity contribution in [3.63, 3.8) is 0 Å². The lowest BCUT2D eigenvalue weighted by atomic mass is 9.80. The van der Waals surface area contributed by atoms with Crippen molar-refractivity contribution in [1.29, 1.82) is 0 Å². The van der Waals surface area contributed by atoms with Gasteiger partial charge in [-0.1, -0.05) is 6.92 Å². The van der Waals surface area contributed by atoms with Crippen LogP contribution in [0.4, 0.5) is 4.39 Å². The molecule has 1 heterocycles. The monoisotopic (exact) mass is 250 g/mol. The fourth-order valence-corrected chi connectivity index (χ4v) is 3.66. The summed E-state index contributed by atoms with van der Waals surface area (Å²) in [6.07, 6.45) is 4.39. The fraction of sp³-hybridized carbons (Fsp3) is 0.600. The first-order valence-corrected chi connectivity index (χ1v) is 6.81. The van der Waals surface area contributed by atoms with Gasteiger partial charge < -0.3 is 9.84 Å². The van der Waals surface area contributed by atoms with Gasteiger partial charge in [-0.05, 0) is 49.8 Å². The largest absolute Gasteiger partial charge is 0.486 e. The van der Waals surface area contributed by atoms with Crippen molar-refractivity contribution < 1.29 is 14.2 Å². The maximum absolute atomic E-state index is 13.2. The third-order valence-electron chi connectivity index (χ3n) is 4.57. The number of rotatable bonds is 1. The Hall–Kier alpha value is -1.09. The number of aliphatic hydroxyl groups is 1. The van der Waals surface area contributed by atoms with Crippen LogP contribution >= 0.6 is 0 Å². The second-order valence-electron chi connectivity index (χ2n) is 5.57. The summed E-state index contributed by atoms with van der Waals surface area (Å²) in [5, 5.41) is 10.3. The lowest BCUT2D eigenvalue weighted by molar-refractivity contribution is -0.0412. The Morgan fingerprint density at radius 1 is 1.50 bits per heavy atom. The topological polar surface area (TPSA) is 29.5 Å². The van der Waals surface area contributed by atoms with Crippen LogP contribution in [0.2, 0.25) is 0 Å². The molecule has 1 aliphatic carbocycles. The van der Waals surface area contributed by atoms with Gasteiger partial charge in [0.1, 0.15) is 17.2 Å². The standard InChI is InChI=1S/C15H19FO2/c1-2-10-4-3-7-15(10)9-13(17)12-8-11(16)5-6-14(12)18-15/h5-6,8,10,13,17H,2-4,7,9H2,1H3. The van der Waals surface area contributed by atoms with E-state index in [2.05, 4.69) is 6.92 Å². The van der Waals surface area contributed by atoms with E-state index in [0.29, 0.717) is 23.7 Å². The third kappa shape index (κ3) is 1.72. The van der Waals surface area contributed by atoms with Gasteiger partial charge in [-0.2, -0.15) is 0 Å². The zero-order chi connectivity index (χ0) is 12.8. The van der Waals surface area contributed by atoms with Crippen LogP contribution in [0.15, 0.2) is 18.2 Å². The molecule has 1 saturated carbocycles. The number of hydrogen-bond donors (Lipinski definition) is 1. The summed E-state index contributed by atoms with van der Waals surface area (Å²) in [7, 11) is 0. The van der Waals surface area contributed by atoms with Crippen molar-refractivity contribution in [1.82, 2.24) is 0 Å². The van der Waals surface area contributed by atoms with Gasteiger partial charge in [0.05, 0.1) is 6.10 Å². The van der Waals surface area contributed by atoms with Crippen LogP contribution in [0.3, 0.4) is 0 Å². The molecule has 0 saturated heterocycles. The first kappa shape index (κ1) is 12.0. The maximum Gasteiger partial charge on any atom is 0.126 e. The van der Waals surface area contributed by atoms with Crippen molar-refractivity contribution in [2.75, 3.05) is 0 Å². The number of aliphatic hydroxyl groups excluding tert-OH is 1. The van der Waals surface area contributed by atoms with Crippen molar-refractivity contribution in [2.24, 2.45) is 5.92 Å². The first-order valence-electron chi connectivity index (χ1n) is 6.81. The summed E-state index contributed by atoms with van der Waals surface area (Å²) in [5.74, 6) is 0.853. The highest BCUT2D eigenvalue weighted by Gasteiger charge is 2.48. The molecule has 1 aromatic rings. The highest BCUT2D eigenvalue weighted by atomic mass is 19.1. The van der Waals surface area contributed by atoms with Crippen LogP contribution in [0.1, 0.15) is 50.7 Å². The summed E-state index contributed by atoms with van der Waals surface area (Å²) < 4.78 is 19.4. The van der Waals surface area contributed by atoms with E-state index in [0.717, 1.165) is 19.3 Å². The summed E-state index contributed by atoms with van der Waals surface area (Å²) in [5.41, 5.74) is 0.376. The first-order chi connectivity index (χ1) is 8.64. The van der Waals surface area contributed by atoms with Gasteiger partial charge in [0.2, 0.25) is 0 Å². The quantitative estimate of drug-likeness (QED) is 0.825. The minimum absolute atomic E-state index is 0.223. The average molecular weight is 250 g/mol. The molecule has 0 radical (unpaired) electrons. The summed E-state index contributed by atoms with van der Waals surface area (Å²) in [4.78, 5) is 0. The van der Waals surface area contributed by atoms with Gasteiger partial charge in [0.15, 0.2) is 0 Å². The molecule has 18 heavy (non-hydrogen) atoms. The van der Waals surface area contributed by atoms with Crippen molar-refractivity contribution in [3.8, 4) is 5.75 Å². The Morgan fingerprint density at radius 3 is 3.11 bits per heavy atom. The summed E-state index contributed by atoms with van der Waals surface area (Å²) >= 11 is 0. The van der Waals surface area contributed by atoms with Crippen LogP contribution in [0, 0.1) is 11.7 Å². The Balaban J connectivity index is 1.98. The van der Waals surface area contributed by atoms with Crippen molar-refractivity contribution >= 4 is 0 Å². The Labute approximate surface area is 107 Å². The van der Waals surface area contributed by atoms with Crippen LogP contribution in [0.25, 0.3) is 0 Å². The second kappa shape index (κ2) is 4.23. The third-order valence-corrected chi connectivity index (χ3v) is 4.57. The van der Waals surface area contributed by atoms with E-state index >= 15 is 0 Å². The smallest absolute Gasteiger partial charge is 0.126 e. The molecule has 2 aliphatic rings. The molecule has 0 bridgehead atoms. The van der Waals surface area contributed by atoms with Gasteiger partial charge in [-0.25, -0.2) is 4.39 Å². The van der Waals surface area contributed by atoms with E-state index < -0.39 is 6.10 Å². The average Bonchev–Trinajstić information content (AvgIpc) is 2.72. The van der Waals surface area contributed by atoms with E-state index in [-0.39, 0.29) is 11.4 Å². The normalized spacial score (nSPS) is 34.4. The Morgan fingerprint density at radius 2 is 2.33 bits per heavy atom. The van der Waals surface area contributed by atoms with Crippen molar-refractivity contribution in [2.45, 2.75) is 50.7 Å². The van der Waals surface area contributed by atoms with Gasteiger partial charge in [-0.3, -0.25) is 0 Å². The van der Waals surface area contributed by atoms with E-state index in [1.807, 2.05) is 0 Å². The highest BCUT2D eigenvalue weighted by molar-refractivity contribution is 5.39. The lowest BCUT2D eigenvalue weighted by Gasteiger charge is -2.42. The molecule has 1 aliphatic heterocycles. The molecule has 2 nitrogen and oxygen atoms in total. The zero-order valence-corrected chi connectivity index (χ0v) is 10.7. The molecule has 0 amide bonds. The van der Waals surface area contributed by atoms with Gasteiger partial charge >= 0.3 is 0 Å². The number of benzene rings is 1. The van der Waals surface area contributed by atoms with Crippen LogP contribution in [0.5, 0.6) is 5.75 Å². The highest BCUT2D eigenvalue weighted by Crippen LogP contribution is 2.50. The number of hydrogen-bond acceptors (Lipinski definition) is 2. The molecule has 1 N–H and O–H groups in total. The summed E-state index contributed by atoms with van der Waals surface area (Å²) in [6.45, 7) is 2.17. The van der Waals surface area contributed by atoms with Gasteiger partial charge in [0, 0.05) is 12.0 Å². The van der Waals surface area contributed by atoms with Crippen LogP contribution < -0.4 is 4.74 Å². The van der Waals surface area contributed by atoms with Crippen LogP contribution in [-0.2, 0) is 0 Å². The van der Waals surface area contributed by atoms with Gasteiger partial charge in [-0.15, -0.1) is 0 Å². The molecule has 0 aromatic heterocycles. The molecule has 1 fully saturated rings. The predicted octanol–water partition coefficient (Wildman–Crippen LogP) is 3.59. The fourth-order valence-electron chi connectivity index (χ4n) is 3.66. The predicted molar refractivity (Wildman–Crippen MR) is 67.0 cm³/mol. The lowest BCUT2D eigenvalue weighted by Crippen LogP contribution is -2.44. The molecule has 3 heteroatoms. The molecule has 1 spiro atoms. The SMILES string of the molecule is CCC1CCCC12CC(O)c1cc(F)ccc1O2. The van der Waals surface area contributed by atoms with E-state index in [9.17, 15) is 9.50 Å². The molecule has 98 valence electrons. The van der Waals surface area contributed by atoms with Gasteiger partial charge in [0.25, 0.3) is 0 Å². The maximum atomic E-state index is 13.2. The molecule has 1 aromatic carbocycles. The minimum Gasteiger partial charge on any atom is -0.486 e. The van der Waals surface area contributed by atoms with Crippen molar-refractivity contribution in [3.05, 3.63) is 29.6 Å². The minimum atomic E-state index is -0.600. The zero-order valence-electron chi connectivity index (χ0n) is 10.7. The molecular formula is C15H19FO2. The van der Waals surface area contributed by atoms with E-state index in [4.69, 9.17) is 4.74 Å². The Bertz CT molecular complexity index is 460.